The van der Waals surface area contributed by atoms with Crippen molar-refractivity contribution in [1.29, 1.82) is 0 Å². The van der Waals surface area contributed by atoms with Crippen LogP contribution in [0.3, 0.4) is 0 Å². The Bertz CT molecular complexity index is 405. The monoisotopic (exact) mass is 478 g/mol. The summed E-state index contributed by atoms with van der Waals surface area (Å²) in [5.74, 6) is 0. The van der Waals surface area contributed by atoms with Crippen LogP contribution in [-0.2, 0) is 28.4 Å². The van der Waals surface area contributed by atoms with Gasteiger partial charge in [-0.25, -0.2) is 0 Å². The van der Waals surface area contributed by atoms with Crippen LogP contribution in [0.25, 0.3) is 0 Å². The van der Waals surface area contributed by atoms with Crippen LogP contribution in [0.15, 0.2) is 22.3 Å². The van der Waals surface area contributed by atoms with E-state index in [-0.39, 0.29) is 0 Å². The molecule has 0 rings (SSSR count). The Hall–Kier alpha value is 0.754. The van der Waals surface area contributed by atoms with E-state index in [1.807, 2.05) is 0 Å². The van der Waals surface area contributed by atoms with Gasteiger partial charge in [0.25, 0.3) is 0 Å². The normalized spacial score (nSPS) is 14.1. The minimum atomic E-state index is -0.541. The summed E-state index contributed by atoms with van der Waals surface area (Å²) in [6.45, 7) is 0. The lowest BCUT2D eigenvalue weighted by molar-refractivity contribution is -0.139. The van der Waals surface area contributed by atoms with Gasteiger partial charge in [0.15, 0.2) is 0 Å². The van der Waals surface area contributed by atoms with Crippen molar-refractivity contribution in [3.63, 3.8) is 0 Å². The predicted molar refractivity (Wildman–Crippen MR) is 123 cm³/mol. The molecular weight excluding hydrogens is 449 g/mol. The largest absolute Gasteiger partial charge is 0.504 e. The molecule has 0 saturated heterocycles. The third-order valence-corrected chi connectivity index (χ3v) is 12.1. The van der Waals surface area contributed by atoms with Gasteiger partial charge in [-0.2, -0.15) is 0 Å². The molecule has 0 atom stereocenters. The van der Waals surface area contributed by atoms with E-state index in [0.717, 1.165) is 30.3 Å². The number of ether oxygens (including phenoxy) is 6. The van der Waals surface area contributed by atoms with Crippen molar-refractivity contribution in [2.75, 3.05) is 42.7 Å². The molecule has 0 aliphatic carbocycles. The third-order valence-electron chi connectivity index (χ3n) is 3.53. The van der Waals surface area contributed by atoms with Crippen LogP contribution in [0.1, 0.15) is 12.8 Å². The summed E-state index contributed by atoms with van der Waals surface area (Å²) in [6, 6.07) is 0. The molecule has 0 unspecified atom stereocenters. The van der Waals surface area contributed by atoms with Crippen molar-refractivity contribution in [1.82, 2.24) is 0 Å². The summed E-state index contributed by atoms with van der Waals surface area (Å²) in [5, 5.41) is 0. The minimum absolute atomic E-state index is 0.541. The molecule has 0 N–H and O–H groups in total. The zero-order valence-electron chi connectivity index (χ0n) is 16.7. The summed E-state index contributed by atoms with van der Waals surface area (Å²) in [5.41, 5.74) is -1.08. The van der Waals surface area contributed by atoms with Crippen LogP contribution in [0.5, 0.6) is 0 Å². The van der Waals surface area contributed by atoms with Crippen molar-refractivity contribution in [2.45, 2.75) is 23.7 Å². The van der Waals surface area contributed by atoms with Crippen molar-refractivity contribution in [2.24, 2.45) is 0 Å². The summed E-state index contributed by atoms with van der Waals surface area (Å²) in [6.07, 6.45) is 4.78. The van der Waals surface area contributed by atoms with E-state index in [4.69, 9.17) is 28.4 Å². The van der Waals surface area contributed by atoms with Gasteiger partial charge >= 0.3 is 0 Å². The lowest BCUT2D eigenvalue weighted by Crippen LogP contribution is -2.34. The molecule has 6 nitrogen and oxygen atoms in total. The van der Waals surface area contributed by atoms with Gasteiger partial charge in [0.1, 0.15) is 10.8 Å². The maximum atomic E-state index is 5.48. The number of rotatable bonds is 15. The fourth-order valence-corrected chi connectivity index (χ4v) is 8.92. The highest BCUT2D eigenvalue weighted by atomic mass is 33.7. The van der Waals surface area contributed by atoms with Crippen LogP contribution < -0.4 is 0 Å². The zero-order valence-corrected chi connectivity index (χ0v) is 23.9. The maximum absolute atomic E-state index is 5.48. The van der Waals surface area contributed by atoms with E-state index in [0.29, 0.717) is 12.8 Å². The number of methoxy groups -OCH3 is 6. The van der Waals surface area contributed by atoms with Crippen LogP contribution in [0, 0.1) is 0 Å². The quantitative estimate of drug-likeness (QED) is 0.115. The molecule has 12 heteroatoms. The second-order valence-corrected chi connectivity index (χ2v) is 14.3. The molecule has 0 amide bonds. The summed E-state index contributed by atoms with van der Waals surface area (Å²) >= 11 is 0. The fourth-order valence-electron chi connectivity index (χ4n) is 1.65. The lowest BCUT2D eigenvalue weighted by Gasteiger charge is -2.27. The summed E-state index contributed by atoms with van der Waals surface area (Å²) in [4.78, 5) is 2.10. The molecule has 0 aliphatic heterocycles. The first-order chi connectivity index (χ1) is 12.3. The van der Waals surface area contributed by atoms with Crippen molar-refractivity contribution < 1.29 is 28.4 Å². The van der Waals surface area contributed by atoms with Gasteiger partial charge in [0.05, 0.1) is 47.2 Å². The molecule has 26 heavy (non-hydrogen) atoms. The van der Waals surface area contributed by atoms with E-state index in [1.165, 1.54) is 0 Å². The molecule has 0 spiro atoms. The Morgan fingerprint density at radius 3 is 1.23 bits per heavy atom. The molecule has 0 aromatic rings. The Labute approximate surface area is 178 Å². The van der Waals surface area contributed by atoms with Gasteiger partial charge in [-0.15, -0.1) is 0 Å². The van der Waals surface area contributed by atoms with Crippen molar-refractivity contribution in [3.8, 4) is 0 Å². The molecule has 154 valence electrons. The van der Waals surface area contributed by atoms with Crippen LogP contribution in [-0.4, -0.2) is 74.0 Å². The average molecular weight is 479 g/mol. The van der Waals surface area contributed by atoms with Gasteiger partial charge in [0, 0.05) is 51.1 Å². The SMILES string of the molecule is COC=C(CC([SiH3])(OC)OC)SSSSC(=COC)CC([SiH3])(OC)OC. The Kier molecular flexibility index (Phi) is 15.1. The molecule has 0 heterocycles. The number of hydrogen-bond acceptors (Lipinski definition) is 10. The topological polar surface area (TPSA) is 55.4 Å². The van der Waals surface area contributed by atoms with Crippen molar-refractivity contribution >= 4 is 61.7 Å². The van der Waals surface area contributed by atoms with E-state index < -0.39 is 10.8 Å². The Morgan fingerprint density at radius 1 is 0.692 bits per heavy atom. The van der Waals surface area contributed by atoms with Gasteiger partial charge in [-0.1, -0.05) is 0 Å². The molecule has 0 saturated carbocycles. The Morgan fingerprint density at radius 2 is 1.00 bits per heavy atom. The van der Waals surface area contributed by atoms with Crippen molar-refractivity contribution in [3.05, 3.63) is 22.3 Å². The highest BCUT2D eigenvalue weighted by Crippen LogP contribution is 2.51. The second kappa shape index (κ2) is 14.7. The number of hydrogen-bond donors (Lipinski definition) is 0. The molecule has 0 fully saturated rings. The van der Waals surface area contributed by atoms with E-state index >= 15 is 0 Å². The molecule has 0 aliphatic rings. The zero-order chi connectivity index (χ0) is 20.1. The van der Waals surface area contributed by atoms with E-state index in [9.17, 15) is 0 Å². The van der Waals surface area contributed by atoms with Gasteiger partial charge in [-0.3, -0.25) is 0 Å². The standard InChI is InChI=1S/C14H30O6S4Si2/c1-15-9-11(7-13(25,17-3)18-4)21-23-24-22-12(10-16-2)8-14(26,19-5)20-6/h9-10H,7-8H2,1-6,25-26H3. The molecule has 0 bridgehead atoms. The first-order valence-corrected chi connectivity index (χ1v) is 14.5. The second-order valence-electron chi connectivity index (χ2n) is 5.38. The molecule has 0 aromatic carbocycles. The van der Waals surface area contributed by atoms with E-state index in [1.54, 1.807) is 96.4 Å². The first-order valence-electron chi connectivity index (χ1n) is 7.64. The van der Waals surface area contributed by atoms with Crippen LogP contribution >= 0.6 is 41.2 Å². The predicted octanol–water partition coefficient (Wildman–Crippen LogP) is 2.04. The smallest absolute Gasteiger partial charge is 0.145 e. The van der Waals surface area contributed by atoms with Gasteiger partial charge in [-0.05, 0) is 41.2 Å². The minimum Gasteiger partial charge on any atom is -0.504 e. The van der Waals surface area contributed by atoms with Crippen LogP contribution in [0.4, 0.5) is 0 Å². The summed E-state index contributed by atoms with van der Waals surface area (Å²) in [7, 11) is 18.0. The molecule has 0 aromatic heterocycles. The average Bonchev–Trinajstić information content (AvgIpc) is 2.65. The van der Waals surface area contributed by atoms with Gasteiger partial charge < -0.3 is 28.4 Å². The van der Waals surface area contributed by atoms with Gasteiger partial charge in [0.2, 0.25) is 0 Å². The summed E-state index contributed by atoms with van der Waals surface area (Å²) < 4.78 is 32.3. The highest BCUT2D eigenvalue weighted by Gasteiger charge is 2.26. The molecule has 0 radical (unpaired) electrons. The molecular formula is C14H30O6S4Si2. The highest BCUT2D eigenvalue weighted by molar-refractivity contribution is 9.26. The van der Waals surface area contributed by atoms with Crippen LogP contribution in [0.2, 0.25) is 0 Å². The fraction of sp³-hybridized carbons (Fsp3) is 0.714. The first kappa shape index (κ1) is 26.8. The maximum Gasteiger partial charge on any atom is 0.145 e. The van der Waals surface area contributed by atoms with E-state index in [2.05, 4.69) is 0 Å². The Balaban J connectivity index is 4.61. The third kappa shape index (κ3) is 10.9. The lowest BCUT2D eigenvalue weighted by atomic mass is 10.4.